The molecular weight excluding hydrogens is 339 g/mol. The minimum atomic E-state index is -4.43. The first kappa shape index (κ1) is 17.5. The molecule has 0 radical (unpaired) electrons. The number of aromatic nitrogens is 1. The number of anilines is 1. The number of ether oxygens (including phenoxy) is 2. The van der Waals surface area contributed by atoms with E-state index < -0.39 is 18.9 Å². The molecule has 6 nitrogen and oxygen atoms in total. The van der Waals surface area contributed by atoms with E-state index >= 15 is 0 Å². The molecule has 1 aromatic rings. The highest BCUT2D eigenvalue weighted by Crippen LogP contribution is 2.30. The van der Waals surface area contributed by atoms with Crippen molar-refractivity contribution in [2.45, 2.75) is 25.1 Å². The molecule has 1 aliphatic rings. The Bertz CT molecular complexity index is 571. The van der Waals surface area contributed by atoms with Crippen LogP contribution in [0, 0.1) is 0 Å². The van der Waals surface area contributed by atoms with Gasteiger partial charge < -0.3 is 20.1 Å². The summed E-state index contributed by atoms with van der Waals surface area (Å²) in [5.74, 6) is 0.321. The Kier molecular flexibility index (Phi) is 5.40. The summed E-state index contributed by atoms with van der Waals surface area (Å²) in [6.07, 6.45) is -3.08. The Hall–Kier alpha value is -1.90. The van der Waals surface area contributed by atoms with E-state index in [-0.39, 0.29) is 16.9 Å². The van der Waals surface area contributed by atoms with Crippen LogP contribution >= 0.6 is 11.6 Å². The number of rotatable bonds is 4. The van der Waals surface area contributed by atoms with E-state index in [1.54, 1.807) is 4.90 Å². The van der Waals surface area contributed by atoms with Gasteiger partial charge >= 0.3 is 12.3 Å². The number of nitrogens with zero attached hydrogens (tertiary/aromatic N) is 2. The molecule has 0 aromatic carbocycles. The van der Waals surface area contributed by atoms with Crippen LogP contribution in [0.3, 0.4) is 0 Å². The minimum absolute atomic E-state index is 0.0713. The van der Waals surface area contributed by atoms with E-state index in [9.17, 15) is 18.0 Å². The molecule has 1 saturated heterocycles. The van der Waals surface area contributed by atoms with Gasteiger partial charge in [0.1, 0.15) is 17.7 Å². The van der Waals surface area contributed by atoms with Crippen molar-refractivity contribution in [1.82, 2.24) is 4.98 Å². The lowest BCUT2D eigenvalue weighted by Gasteiger charge is -2.33. The third-order valence-electron chi connectivity index (χ3n) is 3.16. The predicted molar refractivity (Wildman–Crippen MR) is 76.7 cm³/mol. The number of hydrogen-bond acceptors (Lipinski definition) is 5. The lowest BCUT2D eigenvalue weighted by molar-refractivity contribution is -0.153. The number of piperidine rings is 1. The summed E-state index contributed by atoms with van der Waals surface area (Å²) in [5.41, 5.74) is 5.00. The summed E-state index contributed by atoms with van der Waals surface area (Å²) < 4.78 is 45.9. The van der Waals surface area contributed by atoms with E-state index in [1.807, 2.05) is 0 Å². The molecule has 128 valence electrons. The third kappa shape index (κ3) is 5.34. The van der Waals surface area contributed by atoms with Crippen LogP contribution in [0.25, 0.3) is 0 Å². The molecule has 2 N–H and O–H groups in total. The molecule has 2 heterocycles. The Morgan fingerprint density at radius 2 is 2.26 bits per heavy atom. The molecule has 1 atom stereocenters. The SMILES string of the molecule is NC(=O)O[C@@H]1CCCN(c2ncc(OCC(F)(F)F)cc2Cl)C1. The lowest BCUT2D eigenvalue weighted by Crippen LogP contribution is -2.41. The molecule has 10 heteroatoms. The number of amides is 1. The zero-order valence-corrected chi connectivity index (χ0v) is 12.7. The number of hydrogen-bond donors (Lipinski definition) is 1. The van der Waals surface area contributed by atoms with Crippen LogP contribution in [0.15, 0.2) is 12.3 Å². The van der Waals surface area contributed by atoms with Crippen molar-refractivity contribution in [3.05, 3.63) is 17.3 Å². The molecule has 1 amide bonds. The highest BCUT2D eigenvalue weighted by Gasteiger charge is 2.29. The summed E-state index contributed by atoms with van der Waals surface area (Å²) in [6.45, 7) is -0.422. The minimum Gasteiger partial charge on any atom is -0.482 e. The van der Waals surface area contributed by atoms with E-state index in [4.69, 9.17) is 22.1 Å². The van der Waals surface area contributed by atoms with E-state index in [0.29, 0.717) is 25.3 Å². The molecule has 0 saturated carbocycles. The highest BCUT2D eigenvalue weighted by molar-refractivity contribution is 6.33. The first-order valence-corrected chi connectivity index (χ1v) is 7.18. The smallest absolute Gasteiger partial charge is 0.422 e. The second kappa shape index (κ2) is 7.12. The number of carbonyl (C=O) groups is 1. The van der Waals surface area contributed by atoms with Crippen molar-refractivity contribution in [1.29, 1.82) is 0 Å². The zero-order chi connectivity index (χ0) is 17.0. The summed E-state index contributed by atoms with van der Waals surface area (Å²) in [5, 5.41) is 0.157. The first-order chi connectivity index (χ1) is 10.7. The molecular formula is C13H15ClF3N3O3. The van der Waals surface area contributed by atoms with Gasteiger partial charge in [0.15, 0.2) is 6.61 Å². The van der Waals surface area contributed by atoms with Crippen molar-refractivity contribution >= 4 is 23.5 Å². The van der Waals surface area contributed by atoms with Gasteiger partial charge in [-0.25, -0.2) is 9.78 Å². The van der Waals surface area contributed by atoms with Gasteiger partial charge in [-0.3, -0.25) is 0 Å². The maximum absolute atomic E-state index is 12.1. The number of carbonyl (C=O) groups excluding carboxylic acids is 1. The first-order valence-electron chi connectivity index (χ1n) is 6.81. The molecule has 1 aromatic heterocycles. The molecule has 0 spiro atoms. The molecule has 23 heavy (non-hydrogen) atoms. The van der Waals surface area contributed by atoms with E-state index in [2.05, 4.69) is 9.72 Å². The van der Waals surface area contributed by atoms with E-state index in [1.165, 1.54) is 12.3 Å². The summed E-state index contributed by atoms with van der Waals surface area (Å²) in [7, 11) is 0. The summed E-state index contributed by atoms with van der Waals surface area (Å²) in [6, 6.07) is 1.27. The number of halogens is 4. The Morgan fingerprint density at radius 1 is 1.52 bits per heavy atom. The monoisotopic (exact) mass is 353 g/mol. The van der Waals surface area contributed by atoms with Crippen LogP contribution in [0.2, 0.25) is 5.02 Å². The lowest BCUT2D eigenvalue weighted by atomic mass is 10.1. The molecule has 0 bridgehead atoms. The Morgan fingerprint density at radius 3 is 2.87 bits per heavy atom. The third-order valence-corrected chi connectivity index (χ3v) is 3.44. The van der Waals surface area contributed by atoms with Gasteiger partial charge in [-0.1, -0.05) is 11.6 Å². The van der Waals surface area contributed by atoms with Gasteiger partial charge in [0.05, 0.1) is 17.8 Å². The maximum Gasteiger partial charge on any atom is 0.422 e. The van der Waals surface area contributed by atoms with Crippen LogP contribution < -0.4 is 15.4 Å². The number of primary amides is 1. The fourth-order valence-corrected chi connectivity index (χ4v) is 2.56. The average molecular weight is 354 g/mol. The number of alkyl halides is 3. The normalized spacial score (nSPS) is 18.6. The van der Waals surface area contributed by atoms with Gasteiger partial charge in [-0.05, 0) is 12.8 Å². The fourth-order valence-electron chi connectivity index (χ4n) is 2.28. The second-order valence-electron chi connectivity index (χ2n) is 5.03. The molecule has 0 unspecified atom stereocenters. The molecule has 1 fully saturated rings. The predicted octanol–water partition coefficient (Wildman–Crippen LogP) is 2.74. The quantitative estimate of drug-likeness (QED) is 0.900. The summed E-state index contributed by atoms with van der Waals surface area (Å²) >= 11 is 6.07. The highest BCUT2D eigenvalue weighted by atomic mass is 35.5. The van der Waals surface area contributed by atoms with Crippen LogP contribution in [0.4, 0.5) is 23.8 Å². The Balaban J connectivity index is 2.03. The van der Waals surface area contributed by atoms with E-state index in [0.717, 1.165) is 6.42 Å². The van der Waals surface area contributed by atoms with Crippen molar-refractivity contribution < 1.29 is 27.4 Å². The van der Waals surface area contributed by atoms with Crippen molar-refractivity contribution in [2.75, 3.05) is 24.6 Å². The number of nitrogens with two attached hydrogens (primary N) is 1. The van der Waals surface area contributed by atoms with Crippen LogP contribution in [-0.2, 0) is 4.74 Å². The fraction of sp³-hybridized carbons (Fsp3) is 0.538. The van der Waals surface area contributed by atoms with Crippen molar-refractivity contribution in [3.63, 3.8) is 0 Å². The van der Waals surface area contributed by atoms with Gasteiger partial charge in [-0.2, -0.15) is 13.2 Å². The second-order valence-corrected chi connectivity index (χ2v) is 5.43. The van der Waals surface area contributed by atoms with Gasteiger partial charge in [0.25, 0.3) is 0 Å². The molecule has 2 rings (SSSR count). The molecule has 0 aliphatic carbocycles. The standard InChI is InChI=1S/C13H15ClF3N3O3/c14-10-4-9(22-7-13(15,16)17)5-19-11(10)20-3-1-2-8(6-20)23-12(18)21/h4-5,8H,1-3,6-7H2,(H2,18,21)/t8-/m1/s1. The van der Waals surface area contributed by atoms with Crippen LogP contribution in [0.1, 0.15) is 12.8 Å². The van der Waals surface area contributed by atoms with Crippen molar-refractivity contribution in [3.8, 4) is 5.75 Å². The number of pyridine rings is 1. The van der Waals surface area contributed by atoms with Gasteiger partial charge in [0, 0.05) is 12.6 Å². The van der Waals surface area contributed by atoms with Gasteiger partial charge in [-0.15, -0.1) is 0 Å². The average Bonchev–Trinajstić information content (AvgIpc) is 2.44. The Labute approximate surface area is 135 Å². The van der Waals surface area contributed by atoms with Crippen LogP contribution in [0.5, 0.6) is 5.75 Å². The van der Waals surface area contributed by atoms with Crippen molar-refractivity contribution in [2.24, 2.45) is 5.73 Å². The maximum atomic E-state index is 12.1. The van der Waals surface area contributed by atoms with Crippen LogP contribution in [-0.4, -0.2) is 43.1 Å². The zero-order valence-electron chi connectivity index (χ0n) is 12.0. The topological polar surface area (TPSA) is 77.7 Å². The largest absolute Gasteiger partial charge is 0.482 e. The summed E-state index contributed by atoms with van der Waals surface area (Å²) in [4.78, 5) is 16.6. The molecule has 1 aliphatic heterocycles. The van der Waals surface area contributed by atoms with Gasteiger partial charge in [0.2, 0.25) is 0 Å².